The molecule has 20 heavy (non-hydrogen) atoms. The van der Waals surface area contributed by atoms with Crippen LogP contribution in [0.1, 0.15) is 33.6 Å². The van der Waals surface area contributed by atoms with Crippen LogP contribution in [-0.2, 0) is 0 Å². The molecule has 0 spiro atoms. The number of likely N-dealkylation sites (N-methyl/N-ethyl adjacent to an activating group) is 1. The Kier molecular flexibility index (Phi) is 4.94. The zero-order valence-electron chi connectivity index (χ0n) is 12.5. The second-order valence-corrected chi connectivity index (χ2v) is 5.34. The van der Waals surface area contributed by atoms with Gasteiger partial charge in [-0.25, -0.2) is 0 Å². The summed E-state index contributed by atoms with van der Waals surface area (Å²) in [6.07, 6.45) is 2.30. The van der Waals surface area contributed by atoms with Crippen molar-refractivity contribution in [2.24, 2.45) is 0 Å². The fourth-order valence-electron chi connectivity index (χ4n) is 2.34. The molecule has 7 nitrogen and oxygen atoms in total. The van der Waals surface area contributed by atoms with Gasteiger partial charge in [-0.05, 0) is 39.8 Å². The highest BCUT2D eigenvalue weighted by atomic mass is 16.5. The summed E-state index contributed by atoms with van der Waals surface area (Å²) in [6.45, 7) is 9.26. The lowest BCUT2D eigenvalue weighted by molar-refractivity contribution is 0.220. The van der Waals surface area contributed by atoms with Crippen LogP contribution >= 0.6 is 0 Å². The number of nitrogens with zero attached hydrogens (tertiary/aromatic N) is 4. The van der Waals surface area contributed by atoms with Gasteiger partial charge in [0, 0.05) is 12.6 Å². The van der Waals surface area contributed by atoms with E-state index in [1.54, 1.807) is 0 Å². The Morgan fingerprint density at radius 1 is 1.40 bits per heavy atom. The highest BCUT2D eigenvalue weighted by Gasteiger charge is 2.20. The minimum atomic E-state index is 0.00918. The molecule has 1 aliphatic rings. The molecule has 0 amide bonds. The molecule has 0 aromatic carbocycles. The maximum absolute atomic E-state index is 5.70. The minimum absolute atomic E-state index is 0.00918. The van der Waals surface area contributed by atoms with Crippen molar-refractivity contribution >= 4 is 11.9 Å². The Bertz CT molecular complexity index is 439. The van der Waals surface area contributed by atoms with Gasteiger partial charge in [-0.15, -0.1) is 0 Å². The second-order valence-electron chi connectivity index (χ2n) is 5.34. The predicted octanol–water partition coefficient (Wildman–Crippen LogP) is 1.14. The van der Waals surface area contributed by atoms with E-state index in [4.69, 9.17) is 10.5 Å². The van der Waals surface area contributed by atoms with E-state index in [1.807, 2.05) is 13.8 Å². The molecule has 0 saturated carbocycles. The van der Waals surface area contributed by atoms with Crippen molar-refractivity contribution in [1.29, 1.82) is 0 Å². The number of anilines is 2. The predicted molar refractivity (Wildman–Crippen MR) is 78.8 cm³/mol. The maximum Gasteiger partial charge on any atom is 0.323 e. The number of piperidine rings is 1. The third-order valence-corrected chi connectivity index (χ3v) is 3.26. The number of nitrogen functional groups attached to an aromatic ring is 1. The average Bonchev–Trinajstić information content (AvgIpc) is 2.37. The first-order valence-electron chi connectivity index (χ1n) is 7.24. The molecule has 0 aliphatic carbocycles. The fourth-order valence-corrected chi connectivity index (χ4v) is 2.34. The second kappa shape index (κ2) is 6.69. The van der Waals surface area contributed by atoms with Crippen LogP contribution < -0.4 is 15.8 Å². The van der Waals surface area contributed by atoms with Gasteiger partial charge >= 0.3 is 6.01 Å². The van der Waals surface area contributed by atoms with Crippen molar-refractivity contribution in [1.82, 2.24) is 19.9 Å². The van der Waals surface area contributed by atoms with Gasteiger partial charge in [0.25, 0.3) is 0 Å². The van der Waals surface area contributed by atoms with Gasteiger partial charge in [-0.1, -0.05) is 6.92 Å². The Morgan fingerprint density at radius 2 is 2.20 bits per heavy atom. The molecule has 7 heteroatoms. The van der Waals surface area contributed by atoms with Crippen molar-refractivity contribution in [2.75, 3.05) is 30.7 Å². The Balaban J connectivity index is 2.02. The van der Waals surface area contributed by atoms with Crippen LogP contribution in [0.3, 0.4) is 0 Å². The molecule has 0 bridgehead atoms. The van der Waals surface area contributed by atoms with Crippen LogP contribution in [-0.4, -0.2) is 51.6 Å². The molecule has 0 radical (unpaired) electrons. The lowest BCUT2D eigenvalue weighted by Crippen LogP contribution is -2.42. The van der Waals surface area contributed by atoms with Gasteiger partial charge in [0.15, 0.2) is 0 Å². The number of likely N-dealkylation sites (tertiary alicyclic amines) is 1. The van der Waals surface area contributed by atoms with Gasteiger partial charge in [-0.3, -0.25) is 0 Å². The maximum atomic E-state index is 5.70. The largest absolute Gasteiger partial charge is 0.461 e. The van der Waals surface area contributed by atoms with Crippen LogP contribution in [0, 0.1) is 0 Å². The number of ether oxygens (including phenoxy) is 1. The van der Waals surface area contributed by atoms with Crippen molar-refractivity contribution in [2.45, 2.75) is 45.8 Å². The molecule has 1 saturated heterocycles. The molecule has 2 rings (SSSR count). The molecule has 1 aromatic heterocycles. The molecular formula is C13H24N6O. The number of hydrogen-bond acceptors (Lipinski definition) is 7. The first-order valence-corrected chi connectivity index (χ1v) is 7.24. The summed E-state index contributed by atoms with van der Waals surface area (Å²) in [6, 6.07) is 0.621. The molecule has 1 unspecified atom stereocenters. The van der Waals surface area contributed by atoms with E-state index in [0.717, 1.165) is 26.1 Å². The zero-order valence-corrected chi connectivity index (χ0v) is 12.5. The Morgan fingerprint density at radius 3 is 2.90 bits per heavy atom. The molecule has 1 aromatic rings. The Labute approximate surface area is 119 Å². The lowest BCUT2D eigenvalue weighted by Gasteiger charge is -2.32. The van der Waals surface area contributed by atoms with E-state index in [1.165, 1.54) is 6.42 Å². The summed E-state index contributed by atoms with van der Waals surface area (Å²) < 4.78 is 5.47. The summed E-state index contributed by atoms with van der Waals surface area (Å²) in [5, 5.41) is 3.34. The molecule has 1 aliphatic heterocycles. The quantitative estimate of drug-likeness (QED) is 0.835. The summed E-state index contributed by atoms with van der Waals surface area (Å²) in [5.74, 6) is 0.678. The SMILES string of the molecule is CCN1CCCC(Nc2nc(N)nc(OC(C)C)n2)C1. The van der Waals surface area contributed by atoms with Crippen molar-refractivity contribution in [3.8, 4) is 6.01 Å². The summed E-state index contributed by atoms with van der Waals surface area (Å²) in [5.41, 5.74) is 5.70. The van der Waals surface area contributed by atoms with E-state index >= 15 is 0 Å². The lowest BCUT2D eigenvalue weighted by atomic mass is 10.1. The first kappa shape index (κ1) is 14.8. The van der Waals surface area contributed by atoms with Crippen LogP contribution in [0.15, 0.2) is 0 Å². The summed E-state index contributed by atoms with van der Waals surface area (Å²) in [7, 11) is 0. The topological polar surface area (TPSA) is 89.2 Å². The van der Waals surface area contributed by atoms with Gasteiger partial charge in [0.05, 0.1) is 6.10 Å². The van der Waals surface area contributed by atoms with Crippen LogP contribution in [0.2, 0.25) is 0 Å². The highest BCUT2D eigenvalue weighted by molar-refractivity contribution is 5.33. The van der Waals surface area contributed by atoms with Crippen LogP contribution in [0.4, 0.5) is 11.9 Å². The number of nitrogens with one attached hydrogen (secondary N) is 1. The standard InChI is InChI=1S/C13H24N6O/c1-4-19-7-5-6-10(8-19)15-12-16-11(14)17-13(18-12)20-9(2)3/h9-10H,4-8H2,1-3H3,(H3,14,15,16,17,18). The molecule has 1 atom stereocenters. The normalized spacial score (nSPS) is 20.1. The Hall–Kier alpha value is -1.63. The van der Waals surface area contributed by atoms with Crippen molar-refractivity contribution in [3.05, 3.63) is 0 Å². The van der Waals surface area contributed by atoms with E-state index in [-0.39, 0.29) is 18.1 Å². The molecule has 1 fully saturated rings. The van der Waals surface area contributed by atoms with E-state index in [2.05, 4.69) is 32.1 Å². The zero-order chi connectivity index (χ0) is 14.5. The van der Waals surface area contributed by atoms with E-state index in [9.17, 15) is 0 Å². The van der Waals surface area contributed by atoms with Gasteiger partial charge < -0.3 is 20.7 Å². The average molecular weight is 280 g/mol. The summed E-state index contributed by atoms with van der Waals surface area (Å²) >= 11 is 0. The monoisotopic (exact) mass is 280 g/mol. The van der Waals surface area contributed by atoms with E-state index < -0.39 is 0 Å². The molecular weight excluding hydrogens is 256 g/mol. The molecule has 3 N–H and O–H groups in total. The summed E-state index contributed by atoms with van der Waals surface area (Å²) in [4.78, 5) is 14.8. The molecule has 2 heterocycles. The number of rotatable bonds is 5. The number of nitrogens with two attached hydrogens (primary N) is 1. The highest BCUT2D eigenvalue weighted by Crippen LogP contribution is 2.16. The van der Waals surface area contributed by atoms with Crippen molar-refractivity contribution < 1.29 is 4.74 Å². The molecule has 112 valence electrons. The minimum Gasteiger partial charge on any atom is -0.461 e. The first-order chi connectivity index (χ1) is 9.56. The number of hydrogen-bond donors (Lipinski definition) is 2. The van der Waals surface area contributed by atoms with Gasteiger partial charge in [0.1, 0.15) is 0 Å². The third kappa shape index (κ3) is 4.19. The van der Waals surface area contributed by atoms with Gasteiger partial charge in [0.2, 0.25) is 11.9 Å². The van der Waals surface area contributed by atoms with Crippen LogP contribution in [0.5, 0.6) is 6.01 Å². The smallest absolute Gasteiger partial charge is 0.323 e. The number of aromatic nitrogens is 3. The van der Waals surface area contributed by atoms with Crippen LogP contribution in [0.25, 0.3) is 0 Å². The van der Waals surface area contributed by atoms with Crippen molar-refractivity contribution in [3.63, 3.8) is 0 Å². The van der Waals surface area contributed by atoms with Gasteiger partial charge in [-0.2, -0.15) is 15.0 Å². The fraction of sp³-hybridized carbons (Fsp3) is 0.769. The van der Waals surface area contributed by atoms with E-state index in [0.29, 0.717) is 12.0 Å². The third-order valence-electron chi connectivity index (χ3n) is 3.26.